The van der Waals surface area contributed by atoms with Crippen LogP contribution in [-0.4, -0.2) is 25.4 Å². The Bertz CT molecular complexity index is 1380. The van der Waals surface area contributed by atoms with Crippen molar-refractivity contribution in [2.75, 3.05) is 0 Å². The van der Waals surface area contributed by atoms with Crippen molar-refractivity contribution in [1.82, 2.24) is 19.6 Å². The van der Waals surface area contributed by atoms with E-state index in [0.29, 0.717) is 4.68 Å². The van der Waals surface area contributed by atoms with Gasteiger partial charge in [-0.15, -0.1) is 0 Å². The minimum atomic E-state index is -4.10. The summed E-state index contributed by atoms with van der Waals surface area (Å²) in [5.74, 6) is -7.30. The van der Waals surface area contributed by atoms with Crippen molar-refractivity contribution < 1.29 is 22.1 Å². The number of halogens is 4. The van der Waals surface area contributed by atoms with Gasteiger partial charge >= 0.3 is 5.92 Å². The Labute approximate surface area is 172 Å². The van der Waals surface area contributed by atoms with E-state index in [1.807, 2.05) is 0 Å². The molecule has 158 valence electrons. The fourth-order valence-corrected chi connectivity index (χ4v) is 3.24. The van der Waals surface area contributed by atoms with Gasteiger partial charge in [-0.25, -0.2) is 13.3 Å². The van der Waals surface area contributed by atoms with Crippen LogP contribution in [0, 0.1) is 22.5 Å². The lowest BCUT2D eigenvalue weighted by atomic mass is 10.0. The van der Waals surface area contributed by atoms with Gasteiger partial charge in [0.05, 0.1) is 27.7 Å². The maximum Gasteiger partial charge on any atom is 0.334 e. The Morgan fingerprint density at radius 3 is 2.55 bits per heavy atom. The van der Waals surface area contributed by atoms with Gasteiger partial charge in [-0.3, -0.25) is 15.5 Å². The molecule has 3 heterocycles. The smallest absolute Gasteiger partial charge is 0.283 e. The number of alkyl halides is 2. The highest BCUT2D eigenvalue weighted by molar-refractivity contribution is 5.90. The lowest BCUT2D eigenvalue weighted by molar-refractivity contribution is -0.672. The molecule has 1 aromatic carbocycles. The number of pyridine rings is 1. The lowest BCUT2D eigenvalue weighted by Crippen LogP contribution is -2.40. The Morgan fingerprint density at radius 1 is 1.10 bits per heavy atom. The fraction of sp³-hybridized carbons (Fsp3) is 0.150. The van der Waals surface area contributed by atoms with Gasteiger partial charge in [-0.05, 0) is 30.3 Å². The molecule has 0 amide bonds. The molecule has 0 fully saturated rings. The first kappa shape index (κ1) is 20.4. The van der Waals surface area contributed by atoms with Crippen LogP contribution in [0.15, 0.2) is 48.9 Å². The van der Waals surface area contributed by atoms with E-state index < -0.39 is 34.4 Å². The highest BCUT2D eigenvalue weighted by Gasteiger charge is 2.42. The van der Waals surface area contributed by atoms with Crippen molar-refractivity contribution in [3.8, 4) is 11.3 Å². The van der Waals surface area contributed by atoms with Crippen molar-refractivity contribution in [3.05, 3.63) is 71.6 Å². The van der Waals surface area contributed by atoms with E-state index in [0.717, 1.165) is 18.2 Å². The van der Waals surface area contributed by atoms with Crippen molar-refractivity contribution in [3.63, 3.8) is 0 Å². The molecule has 7 nitrogen and oxygen atoms in total. The van der Waals surface area contributed by atoms with Crippen molar-refractivity contribution in [2.24, 2.45) is 14.1 Å². The number of aryl methyl sites for hydroxylation is 2. The highest BCUT2D eigenvalue weighted by atomic mass is 19.3. The Morgan fingerprint density at radius 2 is 1.84 bits per heavy atom. The second-order valence-electron chi connectivity index (χ2n) is 7.01. The summed E-state index contributed by atoms with van der Waals surface area (Å²) in [4.78, 5) is 0. The minimum Gasteiger partial charge on any atom is -0.283 e. The van der Waals surface area contributed by atoms with Crippen LogP contribution in [0.4, 0.5) is 17.6 Å². The first-order valence-corrected chi connectivity index (χ1v) is 8.98. The molecule has 0 aliphatic heterocycles. The predicted molar refractivity (Wildman–Crippen MR) is 102 cm³/mol. The number of rotatable bonds is 3. The first-order valence-electron chi connectivity index (χ1n) is 8.98. The Balaban J connectivity index is 1.82. The molecule has 2 N–H and O–H groups in total. The zero-order chi connectivity index (χ0) is 22.5. The van der Waals surface area contributed by atoms with Gasteiger partial charge in [0.2, 0.25) is 6.20 Å². The maximum atomic E-state index is 15.2. The molecule has 0 atom stereocenters. The van der Waals surface area contributed by atoms with Gasteiger partial charge in [0.1, 0.15) is 18.4 Å². The first-order chi connectivity index (χ1) is 14.6. The molecule has 0 unspecified atom stereocenters. The van der Waals surface area contributed by atoms with Crippen LogP contribution >= 0.6 is 0 Å². The highest BCUT2D eigenvalue weighted by Crippen LogP contribution is 2.34. The molecule has 0 radical (unpaired) electrons. The summed E-state index contributed by atoms with van der Waals surface area (Å²) in [6.07, 6.45) is 3.99. The largest absolute Gasteiger partial charge is 0.334 e. The summed E-state index contributed by atoms with van der Waals surface area (Å²) in [6, 6.07) is 5.74. The molecule has 0 aliphatic rings. The van der Waals surface area contributed by atoms with Gasteiger partial charge in [-0.2, -0.15) is 23.7 Å². The van der Waals surface area contributed by atoms with Gasteiger partial charge in [-0.1, -0.05) is 0 Å². The number of aromatic nitrogens is 5. The lowest BCUT2D eigenvalue weighted by Gasteiger charge is -2.20. The maximum absolute atomic E-state index is 15.2. The van der Waals surface area contributed by atoms with E-state index in [2.05, 4.69) is 10.2 Å². The number of fused-ring (bicyclic) bond motifs is 1. The third kappa shape index (κ3) is 3.47. The number of hydrogen-bond acceptors (Lipinski definition) is 4. The fourth-order valence-electron chi connectivity index (χ4n) is 3.24. The van der Waals surface area contributed by atoms with Crippen LogP contribution in [0.25, 0.3) is 22.2 Å². The quantitative estimate of drug-likeness (QED) is 0.227. The summed E-state index contributed by atoms with van der Waals surface area (Å²) in [5.41, 5.74) is -1.03. The average Bonchev–Trinajstić information content (AvgIpc) is 3.08. The summed E-state index contributed by atoms with van der Waals surface area (Å²) >= 11 is 0. The molecule has 0 saturated carbocycles. The van der Waals surface area contributed by atoms with Crippen molar-refractivity contribution in [1.29, 1.82) is 10.8 Å². The molecular weight excluding hydrogens is 414 g/mol. The SMILES string of the molecule is Cn1cc2c(F)c(C(F)(F)C(=N)n3nc(-c4cc(F)c[n+](C)c4)ccc3=N)ccc2n1. The van der Waals surface area contributed by atoms with E-state index in [-0.39, 0.29) is 22.2 Å². The van der Waals surface area contributed by atoms with Crippen LogP contribution in [0.2, 0.25) is 0 Å². The molecule has 0 aliphatic carbocycles. The van der Waals surface area contributed by atoms with Crippen LogP contribution in [0.3, 0.4) is 0 Å². The van der Waals surface area contributed by atoms with Crippen LogP contribution < -0.4 is 10.1 Å². The van der Waals surface area contributed by atoms with Crippen LogP contribution in [0.1, 0.15) is 5.56 Å². The summed E-state index contributed by atoms with van der Waals surface area (Å²) in [7, 11) is 3.11. The Hall–Kier alpha value is -3.89. The third-order valence-corrected chi connectivity index (χ3v) is 4.68. The monoisotopic (exact) mass is 430 g/mol. The van der Waals surface area contributed by atoms with Crippen LogP contribution in [-0.2, 0) is 20.0 Å². The van der Waals surface area contributed by atoms with Crippen LogP contribution in [0.5, 0.6) is 0 Å². The molecule has 3 aromatic heterocycles. The zero-order valence-corrected chi connectivity index (χ0v) is 16.4. The average molecular weight is 430 g/mol. The molecule has 0 spiro atoms. The topological polar surface area (TPSA) is 87.2 Å². The molecule has 4 aromatic rings. The standard InChI is InChI=1S/C20H16F4N7/c1-29-8-11(7-12(21)9-29)15-5-6-17(25)31(28-15)19(26)20(23,24)14-3-4-16-13(18(14)22)10-30(2)27-16/h3-10,25-26H,1-2H3/q+1. The summed E-state index contributed by atoms with van der Waals surface area (Å²) < 4.78 is 62.0. The summed E-state index contributed by atoms with van der Waals surface area (Å²) in [6.45, 7) is 0. The molecular formula is C20H16F4N7+. The van der Waals surface area contributed by atoms with E-state index in [1.54, 1.807) is 7.05 Å². The number of hydrogen-bond donors (Lipinski definition) is 2. The normalized spacial score (nSPS) is 11.8. The second-order valence-corrected chi connectivity index (χ2v) is 7.01. The summed E-state index contributed by atoms with van der Waals surface area (Å²) in [5, 5.41) is 23.7. The number of benzene rings is 1. The van der Waals surface area contributed by atoms with Gasteiger partial charge in [0.25, 0.3) is 0 Å². The van der Waals surface area contributed by atoms with Gasteiger partial charge in [0.15, 0.2) is 17.8 Å². The van der Waals surface area contributed by atoms with Gasteiger partial charge in [0, 0.05) is 13.2 Å². The van der Waals surface area contributed by atoms with E-state index in [9.17, 15) is 8.78 Å². The molecule has 0 saturated heterocycles. The van der Waals surface area contributed by atoms with Crippen molar-refractivity contribution in [2.45, 2.75) is 5.92 Å². The van der Waals surface area contributed by atoms with Gasteiger partial charge < -0.3 is 0 Å². The van der Waals surface area contributed by atoms with E-state index >= 15 is 8.78 Å². The number of nitrogens with zero attached hydrogens (tertiary/aromatic N) is 5. The second kappa shape index (κ2) is 7.11. The zero-order valence-electron chi connectivity index (χ0n) is 16.4. The predicted octanol–water partition coefficient (Wildman–Crippen LogP) is 2.64. The van der Waals surface area contributed by atoms with E-state index in [4.69, 9.17) is 10.8 Å². The molecule has 31 heavy (non-hydrogen) atoms. The van der Waals surface area contributed by atoms with E-state index in [1.165, 1.54) is 47.0 Å². The third-order valence-electron chi connectivity index (χ3n) is 4.68. The molecule has 11 heteroatoms. The minimum absolute atomic E-state index is 0.0647. The Kier molecular flexibility index (Phi) is 4.68. The van der Waals surface area contributed by atoms with Crippen molar-refractivity contribution >= 4 is 16.7 Å². The number of nitrogens with one attached hydrogen (secondary N) is 2. The molecule has 0 bridgehead atoms. The molecule has 4 rings (SSSR count).